The van der Waals surface area contributed by atoms with Gasteiger partial charge in [-0.3, -0.25) is 4.79 Å². The first-order valence-electron chi connectivity index (χ1n) is 9.66. The fourth-order valence-corrected chi connectivity index (χ4v) is 3.37. The molecule has 2 rings (SSSR count). The zero-order chi connectivity index (χ0) is 22.7. The van der Waals surface area contributed by atoms with Crippen molar-refractivity contribution in [2.45, 2.75) is 58.2 Å². The number of aromatic nitrogens is 1. The largest absolute Gasteiger partial charge is 0.416 e. The number of rotatable bonds is 8. The number of alkyl halides is 5. The minimum absolute atomic E-state index is 0.0302. The SMILES string of the molecule is CCCC(C)c1cc(C(=O)Nc2cccc(C(F)(F)F)c2)c(C)n1CC(F)(F)CN. The molecule has 9 heteroatoms. The number of nitrogens with two attached hydrogens (primary N) is 1. The second kappa shape index (κ2) is 9.16. The number of nitrogens with one attached hydrogen (secondary N) is 1. The summed E-state index contributed by atoms with van der Waals surface area (Å²) in [6, 6.07) is 5.78. The molecule has 0 aliphatic rings. The third-order valence-corrected chi connectivity index (χ3v) is 5.01. The number of anilines is 1. The van der Waals surface area contributed by atoms with Crippen molar-refractivity contribution in [3.63, 3.8) is 0 Å². The standard InChI is InChI=1S/C21H26F5N3O/c1-4-6-13(2)18-10-17(14(3)29(18)12-20(22,23)11-27)19(30)28-16-8-5-7-15(9-16)21(24,25)26/h5,7-10,13H,4,6,11-12,27H2,1-3H3,(H,28,30). The Kier molecular flexibility index (Phi) is 7.28. The number of benzene rings is 1. The lowest BCUT2D eigenvalue weighted by molar-refractivity contribution is -0.137. The number of hydrogen-bond donors (Lipinski definition) is 2. The van der Waals surface area contributed by atoms with Crippen LogP contribution in [0.3, 0.4) is 0 Å². The molecule has 0 aliphatic heterocycles. The molecule has 0 bridgehead atoms. The van der Waals surface area contributed by atoms with Crippen LogP contribution in [0.4, 0.5) is 27.6 Å². The maximum atomic E-state index is 14.0. The Labute approximate surface area is 172 Å². The second-order valence-corrected chi connectivity index (χ2v) is 7.44. The van der Waals surface area contributed by atoms with E-state index >= 15 is 0 Å². The zero-order valence-corrected chi connectivity index (χ0v) is 17.1. The molecule has 1 atom stereocenters. The van der Waals surface area contributed by atoms with Crippen molar-refractivity contribution in [1.82, 2.24) is 4.57 Å². The van der Waals surface area contributed by atoms with Crippen LogP contribution in [-0.4, -0.2) is 22.9 Å². The Bertz CT molecular complexity index is 889. The maximum absolute atomic E-state index is 14.0. The predicted octanol–water partition coefficient (Wildman–Crippen LogP) is 5.57. The molecule has 1 aromatic heterocycles. The van der Waals surface area contributed by atoms with E-state index in [-0.39, 0.29) is 17.2 Å². The summed E-state index contributed by atoms with van der Waals surface area (Å²) < 4.78 is 68.1. The lowest BCUT2D eigenvalue weighted by Gasteiger charge is -2.21. The summed E-state index contributed by atoms with van der Waals surface area (Å²) in [5.41, 5.74) is 5.26. The van der Waals surface area contributed by atoms with Crippen LogP contribution < -0.4 is 11.1 Å². The zero-order valence-electron chi connectivity index (χ0n) is 17.1. The Morgan fingerprint density at radius 1 is 1.20 bits per heavy atom. The summed E-state index contributed by atoms with van der Waals surface area (Å²) in [5.74, 6) is -3.90. The number of hydrogen-bond acceptors (Lipinski definition) is 2. The van der Waals surface area contributed by atoms with Crippen LogP contribution in [0.1, 0.15) is 59.9 Å². The van der Waals surface area contributed by atoms with E-state index in [0.29, 0.717) is 11.4 Å². The van der Waals surface area contributed by atoms with Gasteiger partial charge in [0.25, 0.3) is 11.8 Å². The van der Waals surface area contributed by atoms with Gasteiger partial charge in [0.1, 0.15) is 0 Å². The molecule has 3 N–H and O–H groups in total. The number of nitrogens with zero attached hydrogens (tertiary/aromatic N) is 1. The molecule has 0 spiro atoms. The summed E-state index contributed by atoms with van der Waals surface area (Å²) in [6.45, 7) is 3.87. The molecule has 1 unspecified atom stereocenters. The Morgan fingerprint density at radius 3 is 2.43 bits per heavy atom. The molecule has 4 nitrogen and oxygen atoms in total. The first-order valence-corrected chi connectivity index (χ1v) is 9.66. The van der Waals surface area contributed by atoms with E-state index in [1.165, 1.54) is 29.7 Å². The molecule has 1 aromatic carbocycles. The molecule has 1 heterocycles. The van der Waals surface area contributed by atoms with Crippen molar-refractivity contribution in [3.05, 3.63) is 52.8 Å². The topological polar surface area (TPSA) is 60.0 Å². The maximum Gasteiger partial charge on any atom is 0.416 e. The average Bonchev–Trinajstić information content (AvgIpc) is 2.98. The van der Waals surface area contributed by atoms with Crippen LogP contribution in [0.5, 0.6) is 0 Å². The van der Waals surface area contributed by atoms with Gasteiger partial charge in [0.2, 0.25) is 0 Å². The molecular formula is C21H26F5N3O. The second-order valence-electron chi connectivity index (χ2n) is 7.44. The summed E-state index contributed by atoms with van der Waals surface area (Å²) in [4.78, 5) is 12.8. The van der Waals surface area contributed by atoms with E-state index in [2.05, 4.69) is 5.32 Å². The van der Waals surface area contributed by atoms with Gasteiger partial charge < -0.3 is 15.6 Å². The van der Waals surface area contributed by atoms with Gasteiger partial charge in [-0.05, 0) is 43.5 Å². The van der Waals surface area contributed by atoms with Gasteiger partial charge >= 0.3 is 6.18 Å². The van der Waals surface area contributed by atoms with Crippen LogP contribution in [-0.2, 0) is 12.7 Å². The Morgan fingerprint density at radius 2 is 1.87 bits per heavy atom. The summed E-state index contributed by atoms with van der Waals surface area (Å²) in [6.07, 6.45) is -2.99. The summed E-state index contributed by atoms with van der Waals surface area (Å²) in [7, 11) is 0. The summed E-state index contributed by atoms with van der Waals surface area (Å²) >= 11 is 0. The molecule has 30 heavy (non-hydrogen) atoms. The lowest BCUT2D eigenvalue weighted by atomic mass is 10.0. The third kappa shape index (κ3) is 5.59. The van der Waals surface area contributed by atoms with Gasteiger partial charge in [-0.15, -0.1) is 0 Å². The van der Waals surface area contributed by atoms with Crippen molar-refractivity contribution in [3.8, 4) is 0 Å². The van der Waals surface area contributed by atoms with Gasteiger partial charge in [-0.1, -0.05) is 26.3 Å². The molecule has 166 valence electrons. The Balaban J connectivity index is 2.40. The molecule has 0 radical (unpaired) electrons. The average molecular weight is 431 g/mol. The monoisotopic (exact) mass is 431 g/mol. The molecule has 0 fully saturated rings. The van der Waals surface area contributed by atoms with Crippen molar-refractivity contribution in [2.24, 2.45) is 5.73 Å². The van der Waals surface area contributed by atoms with Crippen molar-refractivity contribution in [2.75, 3.05) is 11.9 Å². The minimum atomic E-state index is -4.55. The molecule has 0 aliphatic carbocycles. The first-order chi connectivity index (χ1) is 13.9. The number of halogens is 5. The van der Waals surface area contributed by atoms with Crippen LogP contribution in [0.2, 0.25) is 0 Å². The first kappa shape index (κ1) is 23.9. The fourth-order valence-electron chi connectivity index (χ4n) is 3.37. The van der Waals surface area contributed by atoms with Gasteiger partial charge in [-0.25, -0.2) is 8.78 Å². The number of carbonyl (C=O) groups is 1. The predicted molar refractivity (Wildman–Crippen MR) is 106 cm³/mol. The van der Waals surface area contributed by atoms with Crippen molar-refractivity contribution in [1.29, 1.82) is 0 Å². The normalized spacial score (nSPS) is 13.4. The highest BCUT2D eigenvalue weighted by atomic mass is 19.4. The highest BCUT2D eigenvalue weighted by Crippen LogP contribution is 2.32. The summed E-state index contributed by atoms with van der Waals surface area (Å²) in [5, 5.41) is 2.44. The van der Waals surface area contributed by atoms with Crippen LogP contribution in [0, 0.1) is 6.92 Å². The van der Waals surface area contributed by atoms with E-state index in [0.717, 1.165) is 25.0 Å². The molecule has 0 saturated heterocycles. The number of amides is 1. The van der Waals surface area contributed by atoms with E-state index < -0.39 is 36.7 Å². The van der Waals surface area contributed by atoms with Gasteiger partial charge in [-0.2, -0.15) is 13.2 Å². The molecule has 0 saturated carbocycles. The lowest BCUT2D eigenvalue weighted by Crippen LogP contribution is -2.34. The van der Waals surface area contributed by atoms with E-state index in [1.807, 2.05) is 13.8 Å². The van der Waals surface area contributed by atoms with Crippen LogP contribution in [0.25, 0.3) is 0 Å². The smallest absolute Gasteiger partial charge is 0.342 e. The molecular weight excluding hydrogens is 405 g/mol. The van der Waals surface area contributed by atoms with Crippen LogP contribution >= 0.6 is 0 Å². The number of carbonyl (C=O) groups excluding carboxylic acids is 1. The van der Waals surface area contributed by atoms with Crippen molar-refractivity contribution < 1.29 is 26.7 Å². The third-order valence-electron chi connectivity index (χ3n) is 5.01. The molecule has 2 aromatic rings. The molecule has 1 amide bonds. The fraction of sp³-hybridized carbons (Fsp3) is 0.476. The van der Waals surface area contributed by atoms with Gasteiger partial charge in [0.05, 0.1) is 24.2 Å². The van der Waals surface area contributed by atoms with Crippen LogP contribution in [0.15, 0.2) is 30.3 Å². The highest BCUT2D eigenvalue weighted by molar-refractivity contribution is 6.05. The van der Waals surface area contributed by atoms with E-state index in [9.17, 15) is 26.7 Å². The minimum Gasteiger partial charge on any atom is -0.342 e. The van der Waals surface area contributed by atoms with Crippen molar-refractivity contribution >= 4 is 11.6 Å². The van der Waals surface area contributed by atoms with Gasteiger partial charge in [0.15, 0.2) is 0 Å². The highest BCUT2D eigenvalue weighted by Gasteiger charge is 2.32. The van der Waals surface area contributed by atoms with Gasteiger partial charge in [0, 0.05) is 17.1 Å². The quantitative estimate of drug-likeness (QED) is 0.537. The Hall–Kier alpha value is -2.42. The van der Waals surface area contributed by atoms with E-state index in [4.69, 9.17) is 5.73 Å². The van der Waals surface area contributed by atoms with E-state index in [1.54, 1.807) is 0 Å².